The van der Waals surface area contributed by atoms with E-state index in [-0.39, 0.29) is 11.5 Å². The number of amides is 1. The average molecular weight is 279 g/mol. The van der Waals surface area contributed by atoms with Crippen molar-refractivity contribution >= 4 is 5.91 Å². The first-order chi connectivity index (χ1) is 9.67. The summed E-state index contributed by atoms with van der Waals surface area (Å²) in [5.74, 6) is 0.330. The van der Waals surface area contributed by atoms with Gasteiger partial charge in [-0.3, -0.25) is 4.79 Å². The Balaban J connectivity index is 2.40. The van der Waals surface area contributed by atoms with Crippen molar-refractivity contribution in [2.45, 2.75) is 33.1 Å². The van der Waals surface area contributed by atoms with E-state index in [4.69, 9.17) is 10.00 Å². The number of piperidine rings is 1. The summed E-state index contributed by atoms with van der Waals surface area (Å²) in [6.45, 7) is 7.83. The Hall–Kier alpha value is -1.54. The number of ether oxygens (including phenoxy) is 1. The van der Waals surface area contributed by atoms with Crippen molar-refractivity contribution in [2.75, 3.05) is 32.8 Å². The molecule has 1 N–H and O–H groups in total. The molecule has 1 amide bonds. The van der Waals surface area contributed by atoms with E-state index in [1.54, 1.807) is 6.20 Å². The summed E-state index contributed by atoms with van der Waals surface area (Å²) in [6, 6.07) is 1.99. The van der Waals surface area contributed by atoms with Crippen molar-refractivity contribution in [1.29, 1.82) is 5.26 Å². The van der Waals surface area contributed by atoms with Gasteiger partial charge in [-0.1, -0.05) is 6.92 Å². The number of nitrogens with zero attached hydrogens (tertiary/aromatic N) is 2. The molecular formula is C15H25N3O2. The number of hydrogen-bond donors (Lipinski definition) is 1. The van der Waals surface area contributed by atoms with Crippen LogP contribution >= 0.6 is 0 Å². The molecule has 20 heavy (non-hydrogen) atoms. The maximum atomic E-state index is 11.9. The number of hydrogen-bond acceptors (Lipinski definition) is 4. The van der Waals surface area contributed by atoms with Crippen LogP contribution in [-0.4, -0.2) is 43.7 Å². The molecule has 0 radical (unpaired) electrons. The van der Waals surface area contributed by atoms with Gasteiger partial charge in [-0.05, 0) is 32.1 Å². The fourth-order valence-electron chi connectivity index (χ4n) is 2.28. The van der Waals surface area contributed by atoms with Crippen molar-refractivity contribution in [1.82, 2.24) is 10.2 Å². The zero-order chi connectivity index (χ0) is 14.8. The SMILES string of the molecule is CCOCCCNC(=O)/C(C#N)=C\N1CCCC(C)C1. The van der Waals surface area contributed by atoms with Crippen LogP contribution in [0, 0.1) is 17.2 Å². The van der Waals surface area contributed by atoms with Crippen LogP contribution in [0.1, 0.15) is 33.1 Å². The van der Waals surface area contributed by atoms with Crippen LogP contribution in [0.2, 0.25) is 0 Å². The Morgan fingerprint density at radius 3 is 3.05 bits per heavy atom. The number of nitrogens with one attached hydrogen (secondary N) is 1. The van der Waals surface area contributed by atoms with Crippen LogP contribution in [0.4, 0.5) is 0 Å². The number of carbonyl (C=O) groups is 1. The quantitative estimate of drug-likeness (QED) is 0.437. The second-order valence-electron chi connectivity index (χ2n) is 5.20. The topological polar surface area (TPSA) is 65.4 Å². The highest BCUT2D eigenvalue weighted by Gasteiger charge is 2.16. The lowest BCUT2D eigenvalue weighted by atomic mass is 10.0. The molecule has 1 saturated heterocycles. The third-order valence-electron chi connectivity index (χ3n) is 3.32. The molecule has 1 heterocycles. The minimum absolute atomic E-state index is 0.190. The maximum Gasteiger partial charge on any atom is 0.263 e. The smallest absolute Gasteiger partial charge is 0.263 e. The summed E-state index contributed by atoms with van der Waals surface area (Å²) >= 11 is 0. The summed E-state index contributed by atoms with van der Waals surface area (Å²) in [6.07, 6.45) is 4.80. The summed E-state index contributed by atoms with van der Waals surface area (Å²) in [7, 11) is 0. The number of carbonyl (C=O) groups excluding carboxylic acids is 1. The molecule has 1 rings (SSSR count). The molecule has 5 heteroatoms. The molecular weight excluding hydrogens is 254 g/mol. The molecule has 0 aromatic rings. The van der Waals surface area contributed by atoms with Crippen molar-refractivity contribution < 1.29 is 9.53 Å². The van der Waals surface area contributed by atoms with Crippen molar-refractivity contribution in [3.05, 3.63) is 11.8 Å². The van der Waals surface area contributed by atoms with Gasteiger partial charge in [-0.25, -0.2) is 0 Å². The molecule has 1 aliphatic heterocycles. The third-order valence-corrected chi connectivity index (χ3v) is 3.32. The van der Waals surface area contributed by atoms with E-state index in [9.17, 15) is 4.79 Å². The lowest BCUT2D eigenvalue weighted by molar-refractivity contribution is -0.117. The normalized spacial score (nSPS) is 19.6. The molecule has 0 aromatic heterocycles. The van der Waals surface area contributed by atoms with Gasteiger partial charge in [0.05, 0.1) is 0 Å². The lowest BCUT2D eigenvalue weighted by Crippen LogP contribution is -2.32. The van der Waals surface area contributed by atoms with Gasteiger partial charge in [-0.15, -0.1) is 0 Å². The molecule has 1 fully saturated rings. The number of likely N-dealkylation sites (tertiary alicyclic amines) is 1. The standard InChI is InChI=1S/C15H25N3O2/c1-3-20-9-5-7-17-15(19)14(10-16)12-18-8-4-6-13(2)11-18/h12-13H,3-9,11H2,1-2H3,(H,17,19)/b14-12-. The van der Waals surface area contributed by atoms with E-state index >= 15 is 0 Å². The molecule has 0 saturated carbocycles. The Morgan fingerprint density at radius 1 is 1.60 bits per heavy atom. The summed E-state index contributed by atoms with van der Waals surface area (Å²) in [5.41, 5.74) is 0.190. The van der Waals surface area contributed by atoms with Crippen LogP contribution in [0.5, 0.6) is 0 Å². The molecule has 0 bridgehead atoms. The van der Waals surface area contributed by atoms with E-state index in [0.717, 1.165) is 25.9 Å². The first-order valence-electron chi connectivity index (χ1n) is 7.39. The van der Waals surface area contributed by atoms with E-state index in [1.165, 1.54) is 6.42 Å². The minimum atomic E-state index is -0.290. The molecule has 0 aromatic carbocycles. The predicted octanol–water partition coefficient (Wildman–Crippen LogP) is 1.67. The van der Waals surface area contributed by atoms with E-state index < -0.39 is 0 Å². The van der Waals surface area contributed by atoms with E-state index in [0.29, 0.717) is 25.7 Å². The zero-order valence-electron chi connectivity index (χ0n) is 12.5. The van der Waals surface area contributed by atoms with Gasteiger partial charge in [0, 0.05) is 39.0 Å². The Morgan fingerprint density at radius 2 is 2.40 bits per heavy atom. The molecule has 0 aliphatic carbocycles. The van der Waals surface area contributed by atoms with Gasteiger partial charge in [0.25, 0.3) is 5.91 Å². The Bertz CT molecular complexity index is 374. The maximum absolute atomic E-state index is 11.9. The molecule has 1 aliphatic rings. The average Bonchev–Trinajstić information content (AvgIpc) is 2.44. The minimum Gasteiger partial charge on any atom is -0.382 e. The monoisotopic (exact) mass is 279 g/mol. The third kappa shape index (κ3) is 6.07. The van der Waals surface area contributed by atoms with E-state index in [1.807, 2.05) is 13.0 Å². The fourth-order valence-corrected chi connectivity index (χ4v) is 2.28. The van der Waals surface area contributed by atoms with Crippen molar-refractivity contribution in [2.24, 2.45) is 5.92 Å². The first-order valence-corrected chi connectivity index (χ1v) is 7.39. The van der Waals surface area contributed by atoms with E-state index in [2.05, 4.69) is 17.1 Å². The lowest BCUT2D eigenvalue weighted by Gasteiger charge is -2.29. The largest absolute Gasteiger partial charge is 0.382 e. The van der Waals surface area contributed by atoms with Gasteiger partial charge in [0.2, 0.25) is 0 Å². The summed E-state index contributed by atoms with van der Waals surface area (Å²) in [4.78, 5) is 14.0. The van der Waals surface area contributed by atoms with Gasteiger partial charge in [0.1, 0.15) is 11.6 Å². The van der Waals surface area contributed by atoms with Crippen LogP contribution in [-0.2, 0) is 9.53 Å². The number of nitriles is 1. The summed E-state index contributed by atoms with van der Waals surface area (Å²) in [5, 5.41) is 11.9. The molecule has 5 nitrogen and oxygen atoms in total. The van der Waals surface area contributed by atoms with Crippen LogP contribution in [0.25, 0.3) is 0 Å². The molecule has 1 unspecified atom stereocenters. The van der Waals surface area contributed by atoms with Gasteiger partial charge in [-0.2, -0.15) is 5.26 Å². The predicted molar refractivity (Wildman–Crippen MR) is 77.8 cm³/mol. The highest BCUT2D eigenvalue weighted by Crippen LogP contribution is 2.16. The highest BCUT2D eigenvalue weighted by molar-refractivity contribution is 5.97. The Labute approximate surface area is 121 Å². The molecule has 1 atom stereocenters. The first kappa shape index (κ1) is 16.5. The highest BCUT2D eigenvalue weighted by atomic mass is 16.5. The Kier molecular flexibility index (Phi) is 7.74. The van der Waals surface area contributed by atoms with Gasteiger partial charge >= 0.3 is 0 Å². The summed E-state index contributed by atoms with van der Waals surface area (Å²) < 4.78 is 5.20. The number of rotatable bonds is 7. The van der Waals surface area contributed by atoms with Crippen LogP contribution in [0.3, 0.4) is 0 Å². The van der Waals surface area contributed by atoms with Crippen LogP contribution < -0.4 is 5.32 Å². The van der Waals surface area contributed by atoms with Gasteiger partial charge < -0.3 is 15.0 Å². The second kappa shape index (κ2) is 9.38. The van der Waals surface area contributed by atoms with Crippen molar-refractivity contribution in [3.63, 3.8) is 0 Å². The van der Waals surface area contributed by atoms with Crippen LogP contribution in [0.15, 0.2) is 11.8 Å². The fraction of sp³-hybridized carbons (Fsp3) is 0.733. The zero-order valence-corrected chi connectivity index (χ0v) is 12.5. The molecule has 112 valence electrons. The second-order valence-corrected chi connectivity index (χ2v) is 5.20. The van der Waals surface area contributed by atoms with Gasteiger partial charge in [0.15, 0.2) is 0 Å². The molecule has 0 spiro atoms. The van der Waals surface area contributed by atoms with Crippen molar-refractivity contribution in [3.8, 4) is 6.07 Å².